The molecule has 0 heterocycles. The van der Waals surface area contributed by atoms with Crippen molar-refractivity contribution in [1.82, 2.24) is 5.01 Å². The summed E-state index contributed by atoms with van der Waals surface area (Å²) in [5.41, 5.74) is 0. The molecule has 0 saturated carbocycles. The molecule has 0 bridgehead atoms. The molecule has 0 spiro atoms. The standard InChI is InChI=1S/C2H4N2O4/c3-4(1(5)6)2(7)8/h3H2,(H,5,6)(H,7,8). The number of hydrazine groups is 1. The molecule has 0 aromatic rings. The molecule has 6 heteroatoms. The quantitative estimate of drug-likeness (QED) is 0.227. The molecule has 0 aromatic carbocycles. The van der Waals surface area contributed by atoms with Gasteiger partial charge in [0, 0.05) is 0 Å². The molecule has 2 amide bonds. The number of rotatable bonds is 0. The normalized spacial score (nSPS) is 8.12. The molecular weight excluding hydrogens is 116 g/mol. The maximum atomic E-state index is 9.56. The first-order valence-electron chi connectivity index (χ1n) is 1.56. The van der Waals surface area contributed by atoms with Crippen LogP contribution in [0.3, 0.4) is 0 Å². The second kappa shape index (κ2) is 2.12. The molecule has 0 radical (unpaired) electrons. The molecule has 0 aliphatic rings. The van der Waals surface area contributed by atoms with E-state index in [0.29, 0.717) is 0 Å². The van der Waals surface area contributed by atoms with Gasteiger partial charge >= 0.3 is 12.2 Å². The van der Waals surface area contributed by atoms with Gasteiger partial charge in [0.05, 0.1) is 0 Å². The van der Waals surface area contributed by atoms with Gasteiger partial charge in [-0.1, -0.05) is 0 Å². The van der Waals surface area contributed by atoms with Gasteiger partial charge in [0.2, 0.25) is 0 Å². The fourth-order valence-electron chi connectivity index (χ4n) is 0.0818. The number of nitrogens with zero attached hydrogens (tertiary/aromatic N) is 1. The van der Waals surface area contributed by atoms with Crippen LogP contribution in [0.4, 0.5) is 9.59 Å². The molecule has 0 saturated heterocycles. The van der Waals surface area contributed by atoms with Gasteiger partial charge in [-0.15, -0.1) is 5.01 Å². The second-order valence-electron chi connectivity index (χ2n) is 0.935. The number of carboxylic acid groups (broad SMARTS) is 2. The lowest BCUT2D eigenvalue weighted by Crippen LogP contribution is -2.40. The van der Waals surface area contributed by atoms with Gasteiger partial charge in [-0.05, 0) is 0 Å². The fourth-order valence-corrected chi connectivity index (χ4v) is 0.0818. The zero-order chi connectivity index (χ0) is 6.73. The summed E-state index contributed by atoms with van der Waals surface area (Å²) in [7, 11) is 0. The van der Waals surface area contributed by atoms with Crippen LogP contribution >= 0.6 is 0 Å². The summed E-state index contributed by atoms with van der Waals surface area (Å²) < 4.78 is 0. The molecule has 0 fully saturated rings. The third-order valence-electron chi connectivity index (χ3n) is 0.412. The van der Waals surface area contributed by atoms with Crippen molar-refractivity contribution in [3.05, 3.63) is 0 Å². The molecule has 0 aliphatic carbocycles. The maximum absolute atomic E-state index is 9.56. The van der Waals surface area contributed by atoms with Gasteiger partial charge in [0.25, 0.3) is 0 Å². The first-order valence-corrected chi connectivity index (χ1v) is 1.56. The Balaban J connectivity index is 3.83. The topological polar surface area (TPSA) is 104 Å². The van der Waals surface area contributed by atoms with Crippen LogP contribution in [0.1, 0.15) is 0 Å². The van der Waals surface area contributed by atoms with Crippen LogP contribution in [0.25, 0.3) is 0 Å². The van der Waals surface area contributed by atoms with E-state index in [-0.39, 0.29) is 5.01 Å². The highest BCUT2D eigenvalue weighted by atomic mass is 16.4. The second-order valence-corrected chi connectivity index (χ2v) is 0.935. The van der Waals surface area contributed by atoms with E-state index in [1.165, 1.54) is 0 Å². The zero-order valence-electron chi connectivity index (χ0n) is 3.74. The van der Waals surface area contributed by atoms with Crippen molar-refractivity contribution in [2.75, 3.05) is 0 Å². The number of nitrogens with two attached hydrogens (primary N) is 1. The van der Waals surface area contributed by atoms with Gasteiger partial charge in [-0.2, -0.15) is 0 Å². The minimum Gasteiger partial charge on any atom is -0.464 e. The van der Waals surface area contributed by atoms with Crippen molar-refractivity contribution >= 4 is 12.2 Å². The average molecular weight is 120 g/mol. The molecule has 46 valence electrons. The van der Waals surface area contributed by atoms with Crippen LogP contribution < -0.4 is 5.84 Å². The lowest BCUT2D eigenvalue weighted by Gasteiger charge is -2.02. The van der Waals surface area contributed by atoms with Crippen molar-refractivity contribution in [3.63, 3.8) is 0 Å². The van der Waals surface area contributed by atoms with Crippen LogP contribution in [-0.4, -0.2) is 27.4 Å². The molecule has 0 aliphatic heterocycles. The summed E-state index contributed by atoms with van der Waals surface area (Å²) in [6, 6.07) is 0. The number of hydrogen-bond acceptors (Lipinski definition) is 3. The Morgan fingerprint density at radius 1 is 1.25 bits per heavy atom. The first kappa shape index (κ1) is 6.70. The first-order chi connectivity index (χ1) is 3.55. The molecule has 6 nitrogen and oxygen atoms in total. The summed E-state index contributed by atoms with van der Waals surface area (Å²) in [5, 5.41) is 15.2. The van der Waals surface area contributed by atoms with Gasteiger partial charge in [0.1, 0.15) is 0 Å². The lowest BCUT2D eigenvalue weighted by molar-refractivity contribution is 0.123. The van der Waals surface area contributed by atoms with Gasteiger partial charge in [-0.3, -0.25) is 0 Å². The predicted molar refractivity (Wildman–Crippen MR) is 22.1 cm³/mol. The number of imide groups is 1. The van der Waals surface area contributed by atoms with Crippen LogP contribution in [0, 0.1) is 0 Å². The van der Waals surface area contributed by atoms with Crippen molar-refractivity contribution in [1.29, 1.82) is 0 Å². The average Bonchev–Trinajstić information content (AvgIpc) is 1.64. The Labute approximate surface area is 44.1 Å². The minimum atomic E-state index is -1.70. The highest BCUT2D eigenvalue weighted by Crippen LogP contribution is 1.77. The predicted octanol–water partition coefficient (Wildman–Crippen LogP) is -0.482. The maximum Gasteiger partial charge on any atom is 0.431 e. The molecule has 0 aromatic heterocycles. The van der Waals surface area contributed by atoms with Gasteiger partial charge in [-0.25, -0.2) is 15.4 Å². The Kier molecular flexibility index (Phi) is 1.78. The molecule has 0 rings (SSSR count). The number of amides is 2. The smallest absolute Gasteiger partial charge is 0.431 e. The summed E-state index contributed by atoms with van der Waals surface area (Å²) in [6.45, 7) is 0. The number of carbonyl (C=O) groups is 2. The summed E-state index contributed by atoms with van der Waals surface area (Å²) >= 11 is 0. The van der Waals surface area contributed by atoms with Crippen LogP contribution in [0.2, 0.25) is 0 Å². The van der Waals surface area contributed by atoms with Crippen molar-refractivity contribution in [2.45, 2.75) is 0 Å². The SMILES string of the molecule is NN(C(=O)O)C(=O)O. The lowest BCUT2D eigenvalue weighted by atomic mass is 11.0. The Bertz CT molecular complexity index is 107. The van der Waals surface area contributed by atoms with E-state index in [2.05, 4.69) is 5.84 Å². The zero-order valence-corrected chi connectivity index (χ0v) is 3.74. The molecule has 0 unspecified atom stereocenters. The molecule has 8 heavy (non-hydrogen) atoms. The van der Waals surface area contributed by atoms with E-state index in [1.807, 2.05) is 0 Å². The van der Waals surface area contributed by atoms with Crippen molar-refractivity contribution < 1.29 is 19.8 Å². The van der Waals surface area contributed by atoms with Crippen LogP contribution in [-0.2, 0) is 0 Å². The summed E-state index contributed by atoms with van der Waals surface area (Å²) in [5.74, 6) is 4.39. The van der Waals surface area contributed by atoms with E-state index in [0.717, 1.165) is 0 Å². The van der Waals surface area contributed by atoms with E-state index in [4.69, 9.17) is 10.2 Å². The molecule has 0 atom stereocenters. The summed E-state index contributed by atoms with van der Waals surface area (Å²) in [4.78, 5) is 19.1. The Morgan fingerprint density at radius 2 is 1.50 bits per heavy atom. The monoisotopic (exact) mass is 120 g/mol. The largest absolute Gasteiger partial charge is 0.464 e. The number of hydrogen-bond donors (Lipinski definition) is 3. The highest BCUT2D eigenvalue weighted by molar-refractivity contribution is 5.84. The van der Waals surface area contributed by atoms with Crippen LogP contribution in [0.15, 0.2) is 0 Å². The summed E-state index contributed by atoms with van der Waals surface area (Å²) in [6.07, 6.45) is -3.39. The van der Waals surface area contributed by atoms with Crippen molar-refractivity contribution in [3.8, 4) is 0 Å². The Morgan fingerprint density at radius 3 is 1.50 bits per heavy atom. The van der Waals surface area contributed by atoms with E-state index < -0.39 is 12.2 Å². The molecule has 4 N–H and O–H groups in total. The minimum absolute atomic E-state index is 0.333. The molecular formula is C2H4N2O4. The van der Waals surface area contributed by atoms with Gasteiger partial charge in [0.15, 0.2) is 0 Å². The van der Waals surface area contributed by atoms with E-state index >= 15 is 0 Å². The van der Waals surface area contributed by atoms with Crippen molar-refractivity contribution in [2.24, 2.45) is 5.84 Å². The third kappa shape index (κ3) is 1.43. The Hall–Kier alpha value is -1.30. The fraction of sp³-hybridized carbons (Fsp3) is 0. The third-order valence-corrected chi connectivity index (χ3v) is 0.412. The van der Waals surface area contributed by atoms with Gasteiger partial charge < -0.3 is 10.2 Å². The van der Waals surface area contributed by atoms with Crippen LogP contribution in [0.5, 0.6) is 0 Å². The van der Waals surface area contributed by atoms with E-state index in [1.54, 1.807) is 0 Å². The van der Waals surface area contributed by atoms with E-state index in [9.17, 15) is 9.59 Å². The highest BCUT2D eigenvalue weighted by Gasteiger charge is 2.12.